The van der Waals surface area contributed by atoms with Crippen molar-refractivity contribution in [3.63, 3.8) is 0 Å². The summed E-state index contributed by atoms with van der Waals surface area (Å²) in [5, 5.41) is 0. The van der Waals surface area contributed by atoms with Gasteiger partial charge < -0.3 is 4.74 Å². The largest absolute Gasteiger partial charge is 0.480 e. The highest BCUT2D eigenvalue weighted by molar-refractivity contribution is 5.99. The van der Waals surface area contributed by atoms with Crippen LogP contribution in [-0.4, -0.2) is 17.9 Å². The number of benzene rings is 1. The Hall–Kier alpha value is -2.16. The lowest BCUT2D eigenvalue weighted by Gasteiger charge is -2.07. The van der Waals surface area contributed by atoms with Crippen LogP contribution in [0.3, 0.4) is 0 Å². The Morgan fingerprint density at radius 3 is 2.72 bits per heavy atom. The third kappa shape index (κ3) is 2.56. The molecule has 0 unspecified atom stereocenters. The fourth-order valence-corrected chi connectivity index (χ4v) is 1.84. The second-order valence-electron chi connectivity index (χ2n) is 4.09. The minimum atomic E-state index is 0.0225. The lowest BCUT2D eigenvalue weighted by molar-refractivity contribution is 0.0989. The Morgan fingerprint density at radius 2 is 2.00 bits per heavy atom. The van der Waals surface area contributed by atoms with E-state index in [0.717, 1.165) is 11.1 Å². The molecular weight excluding hydrogens is 226 g/mol. The van der Waals surface area contributed by atoms with Crippen LogP contribution in [0.2, 0.25) is 0 Å². The van der Waals surface area contributed by atoms with Crippen LogP contribution >= 0.6 is 0 Å². The Kier molecular flexibility index (Phi) is 3.72. The number of carbonyl (C=O) groups is 1. The SMILES string of the molecule is COc1ncccc1C(=O)Cc1ccccc1C. The van der Waals surface area contributed by atoms with E-state index >= 15 is 0 Å². The molecule has 18 heavy (non-hydrogen) atoms. The van der Waals surface area contributed by atoms with Gasteiger partial charge in [-0.3, -0.25) is 4.79 Å². The first-order valence-electron chi connectivity index (χ1n) is 5.79. The van der Waals surface area contributed by atoms with Crippen LogP contribution in [0.15, 0.2) is 42.6 Å². The van der Waals surface area contributed by atoms with E-state index in [-0.39, 0.29) is 5.78 Å². The molecule has 2 aromatic rings. The standard InChI is InChI=1S/C15H15NO2/c1-11-6-3-4-7-12(11)10-14(17)13-8-5-9-16-15(13)18-2/h3-9H,10H2,1-2H3. The molecule has 0 saturated carbocycles. The van der Waals surface area contributed by atoms with Crippen LogP contribution in [0.1, 0.15) is 21.5 Å². The first-order chi connectivity index (χ1) is 8.72. The summed E-state index contributed by atoms with van der Waals surface area (Å²) in [6.07, 6.45) is 1.98. The quantitative estimate of drug-likeness (QED) is 0.773. The topological polar surface area (TPSA) is 39.2 Å². The van der Waals surface area contributed by atoms with Crippen LogP contribution in [-0.2, 0) is 6.42 Å². The normalized spacial score (nSPS) is 10.1. The molecule has 2 rings (SSSR count). The van der Waals surface area contributed by atoms with E-state index in [2.05, 4.69) is 4.98 Å². The number of carbonyl (C=O) groups excluding carboxylic acids is 1. The third-order valence-electron chi connectivity index (χ3n) is 2.88. The number of aryl methyl sites for hydroxylation is 1. The zero-order valence-electron chi connectivity index (χ0n) is 10.5. The fraction of sp³-hybridized carbons (Fsp3) is 0.200. The van der Waals surface area contributed by atoms with Crippen molar-refractivity contribution < 1.29 is 9.53 Å². The molecule has 0 saturated heterocycles. The first kappa shape index (κ1) is 12.3. The van der Waals surface area contributed by atoms with Gasteiger partial charge >= 0.3 is 0 Å². The molecule has 1 aromatic heterocycles. The average molecular weight is 241 g/mol. The maximum atomic E-state index is 12.2. The molecule has 0 radical (unpaired) electrons. The van der Waals surface area contributed by atoms with E-state index < -0.39 is 0 Å². The summed E-state index contributed by atoms with van der Waals surface area (Å²) in [6, 6.07) is 11.4. The molecule has 1 aromatic carbocycles. The van der Waals surface area contributed by atoms with Gasteiger partial charge in [-0.25, -0.2) is 4.98 Å². The van der Waals surface area contributed by atoms with Gasteiger partial charge in [0.1, 0.15) is 0 Å². The number of aromatic nitrogens is 1. The highest BCUT2D eigenvalue weighted by Crippen LogP contribution is 2.17. The van der Waals surface area contributed by atoms with Crippen molar-refractivity contribution in [2.45, 2.75) is 13.3 Å². The zero-order valence-corrected chi connectivity index (χ0v) is 10.5. The van der Waals surface area contributed by atoms with Gasteiger partial charge in [0.15, 0.2) is 5.78 Å². The Morgan fingerprint density at radius 1 is 1.22 bits per heavy atom. The molecule has 0 fully saturated rings. The van der Waals surface area contributed by atoms with Crippen molar-refractivity contribution >= 4 is 5.78 Å². The second kappa shape index (κ2) is 5.45. The minimum absolute atomic E-state index is 0.0225. The van der Waals surface area contributed by atoms with E-state index in [1.807, 2.05) is 31.2 Å². The van der Waals surface area contributed by atoms with Gasteiger partial charge in [-0.15, -0.1) is 0 Å². The molecule has 92 valence electrons. The second-order valence-corrected chi connectivity index (χ2v) is 4.09. The van der Waals surface area contributed by atoms with Gasteiger partial charge in [-0.1, -0.05) is 24.3 Å². The van der Waals surface area contributed by atoms with Crippen molar-refractivity contribution in [2.24, 2.45) is 0 Å². The number of hydrogen-bond donors (Lipinski definition) is 0. The third-order valence-corrected chi connectivity index (χ3v) is 2.88. The molecule has 3 nitrogen and oxygen atoms in total. The number of nitrogens with zero attached hydrogens (tertiary/aromatic N) is 1. The van der Waals surface area contributed by atoms with E-state index in [0.29, 0.717) is 17.9 Å². The minimum Gasteiger partial charge on any atom is -0.480 e. The molecule has 0 spiro atoms. The van der Waals surface area contributed by atoms with Gasteiger partial charge in [0.2, 0.25) is 5.88 Å². The summed E-state index contributed by atoms with van der Waals surface area (Å²) in [7, 11) is 1.52. The maximum Gasteiger partial charge on any atom is 0.224 e. The highest BCUT2D eigenvalue weighted by atomic mass is 16.5. The Bertz CT molecular complexity index is 564. The number of Topliss-reactive ketones (excluding diaryl/α,β-unsaturated/α-hetero) is 1. The lowest BCUT2D eigenvalue weighted by Crippen LogP contribution is -2.07. The Balaban J connectivity index is 2.25. The van der Waals surface area contributed by atoms with Crippen LogP contribution < -0.4 is 4.74 Å². The van der Waals surface area contributed by atoms with Crippen molar-refractivity contribution in [2.75, 3.05) is 7.11 Å². The zero-order chi connectivity index (χ0) is 13.0. The fourth-order valence-electron chi connectivity index (χ4n) is 1.84. The molecule has 3 heteroatoms. The molecular formula is C15H15NO2. The molecule has 0 atom stereocenters. The van der Waals surface area contributed by atoms with Gasteiger partial charge in [0, 0.05) is 12.6 Å². The van der Waals surface area contributed by atoms with Crippen molar-refractivity contribution in [1.29, 1.82) is 0 Å². The molecule has 0 aliphatic heterocycles. The van der Waals surface area contributed by atoms with E-state index in [4.69, 9.17) is 4.74 Å². The molecule has 0 bridgehead atoms. The molecule has 1 heterocycles. The van der Waals surface area contributed by atoms with Crippen LogP contribution in [0, 0.1) is 6.92 Å². The van der Waals surface area contributed by atoms with E-state index in [9.17, 15) is 4.79 Å². The summed E-state index contributed by atoms with van der Waals surface area (Å²) >= 11 is 0. The van der Waals surface area contributed by atoms with E-state index in [1.54, 1.807) is 18.3 Å². The number of pyridine rings is 1. The summed E-state index contributed by atoms with van der Waals surface area (Å²) in [4.78, 5) is 16.3. The van der Waals surface area contributed by atoms with Crippen molar-refractivity contribution in [1.82, 2.24) is 4.98 Å². The highest BCUT2D eigenvalue weighted by Gasteiger charge is 2.13. The Labute approximate surface area is 106 Å². The van der Waals surface area contributed by atoms with Crippen LogP contribution in [0.5, 0.6) is 5.88 Å². The number of rotatable bonds is 4. The average Bonchev–Trinajstić information content (AvgIpc) is 2.41. The van der Waals surface area contributed by atoms with Gasteiger partial charge in [0.05, 0.1) is 12.7 Å². The number of ether oxygens (including phenoxy) is 1. The predicted molar refractivity (Wildman–Crippen MR) is 70.0 cm³/mol. The summed E-state index contributed by atoms with van der Waals surface area (Å²) < 4.78 is 5.10. The smallest absolute Gasteiger partial charge is 0.224 e. The summed E-state index contributed by atoms with van der Waals surface area (Å²) in [5.74, 6) is 0.408. The van der Waals surface area contributed by atoms with Crippen molar-refractivity contribution in [3.8, 4) is 5.88 Å². The summed E-state index contributed by atoms with van der Waals surface area (Å²) in [6.45, 7) is 2.00. The number of methoxy groups -OCH3 is 1. The maximum absolute atomic E-state index is 12.2. The molecule has 0 N–H and O–H groups in total. The molecule has 0 amide bonds. The van der Waals surface area contributed by atoms with Gasteiger partial charge in [-0.2, -0.15) is 0 Å². The number of hydrogen-bond acceptors (Lipinski definition) is 3. The predicted octanol–water partition coefficient (Wildman–Crippen LogP) is 2.82. The van der Waals surface area contributed by atoms with Crippen LogP contribution in [0.4, 0.5) is 0 Å². The van der Waals surface area contributed by atoms with Gasteiger partial charge in [0.25, 0.3) is 0 Å². The van der Waals surface area contributed by atoms with E-state index in [1.165, 1.54) is 7.11 Å². The van der Waals surface area contributed by atoms with Crippen LogP contribution in [0.25, 0.3) is 0 Å². The van der Waals surface area contributed by atoms with Gasteiger partial charge in [-0.05, 0) is 30.2 Å². The van der Waals surface area contributed by atoms with Crippen molar-refractivity contribution in [3.05, 3.63) is 59.3 Å². The molecule has 0 aliphatic rings. The molecule has 0 aliphatic carbocycles. The first-order valence-corrected chi connectivity index (χ1v) is 5.79. The monoisotopic (exact) mass is 241 g/mol. The summed E-state index contributed by atoms with van der Waals surface area (Å²) in [5.41, 5.74) is 2.69. The number of ketones is 1. The lowest BCUT2D eigenvalue weighted by atomic mass is 10.0.